The van der Waals surface area contributed by atoms with Crippen LogP contribution in [0.4, 0.5) is 10.1 Å². The van der Waals surface area contributed by atoms with Crippen LogP contribution >= 0.6 is 0 Å². The number of carbonyl (C=O) groups is 2. The number of halogens is 1. The lowest BCUT2D eigenvalue weighted by atomic mass is 10.1. The molecule has 138 valence electrons. The van der Waals surface area contributed by atoms with Gasteiger partial charge in [-0.3, -0.25) is 4.79 Å². The summed E-state index contributed by atoms with van der Waals surface area (Å²) in [7, 11) is 0. The van der Waals surface area contributed by atoms with E-state index < -0.39 is 23.8 Å². The van der Waals surface area contributed by atoms with E-state index in [4.69, 9.17) is 9.84 Å². The van der Waals surface area contributed by atoms with Crippen molar-refractivity contribution in [2.75, 3.05) is 18.5 Å². The Kier molecular flexibility index (Phi) is 7.11. The van der Waals surface area contributed by atoms with Crippen molar-refractivity contribution >= 4 is 17.6 Å². The standard InChI is InChI=1S/C19H21FN2O4/c1-13(18(24)22-12-14-6-2-4-8-16(14)20)26-19(25)15-7-3-5-9-17(15)21-10-11-23/h2-9,13,21,23H,10-12H2,1H3,(H,22,24)/t13-/m0/s1. The fourth-order valence-electron chi connectivity index (χ4n) is 2.25. The molecular weight excluding hydrogens is 339 g/mol. The molecule has 0 bridgehead atoms. The first kappa shape index (κ1) is 19.4. The third kappa shape index (κ3) is 5.29. The molecule has 0 radical (unpaired) electrons. The van der Waals surface area contributed by atoms with Gasteiger partial charge in [0.2, 0.25) is 0 Å². The van der Waals surface area contributed by atoms with E-state index in [0.29, 0.717) is 11.3 Å². The minimum Gasteiger partial charge on any atom is -0.449 e. The van der Waals surface area contributed by atoms with Crippen molar-refractivity contribution in [1.29, 1.82) is 0 Å². The van der Waals surface area contributed by atoms with E-state index in [-0.39, 0.29) is 25.3 Å². The first-order valence-corrected chi connectivity index (χ1v) is 8.18. The Morgan fingerprint density at radius 1 is 1.15 bits per heavy atom. The molecule has 26 heavy (non-hydrogen) atoms. The van der Waals surface area contributed by atoms with Crippen LogP contribution in [0.25, 0.3) is 0 Å². The van der Waals surface area contributed by atoms with Crippen LogP contribution in [0.1, 0.15) is 22.8 Å². The van der Waals surface area contributed by atoms with Crippen LogP contribution in [-0.2, 0) is 16.1 Å². The summed E-state index contributed by atoms with van der Waals surface area (Å²) in [4.78, 5) is 24.4. The first-order chi connectivity index (χ1) is 12.5. The van der Waals surface area contributed by atoms with Gasteiger partial charge in [-0.25, -0.2) is 9.18 Å². The number of para-hydroxylation sites is 1. The van der Waals surface area contributed by atoms with Crippen LogP contribution in [0.3, 0.4) is 0 Å². The summed E-state index contributed by atoms with van der Waals surface area (Å²) in [6.45, 7) is 1.64. The molecule has 3 N–H and O–H groups in total. The molecule has 2 aromatic carbocycles. The molecule has 0 spiro atoms. The lowest BCUT2D eigenvalue weighted by molar-refractivity contribution is -0.129. The molecule has 0 aromatic heterocycles. The maximum Gasteiger partial charge on any atom is 0.341 e. The molecule has 0 unspecified atom stereocenters. The van der Waals surface area contributed by atoms with Gasteiger partial charge in [-0.1, -0.05) is 30.3 Å². The zero-order chi connectivity index (χ0) is 18.9. The zero-order valence-corrected chi connectivity index (χ0v) is 14.4. The fourth-order valence-corrected chi connectivity index (χ4v) is 2.25. The average Bonchev–Trinajstić information content (AvgIpc) is 2.65. The second-order valence-electron chi connectivity index (χ2n) is 5.55. The maximum atomic E-state index is 13.6. The lowest BCUT2D eigenvalue weighted by Gasteiger charge is -2.15. The summed E-state index contributed by atoms with van der Waals surface area (Å²) in [6, 6.07) is 12.8. The van der Waals surface area contributed by atoms with E-state index in [9.17, 15) is 14.0 Å². The highest BCUT2D eigenvalue weighted by atomic mass is 19.1. The third-order valence-corrected chi connectivity index (χ3v) is 3.64. The molecule has 0 saturated carbocycles. The molecule has 0 saturated heterocycles. The third-order valence-electron chi connectivity index (χ3n) is 3.64. The lowest BCUT2D eigenvalue weighted by Crippen LogP contribution is -2.35. The number of anilines is 1. The van der Waals surface area contributed by atoms with Crippen molar-refractivity contribution in [3.8, 4) is 0 Å². The Morgan fingerprint density at radius 2 is 1.85 bits per heavy atom. The summed E-state index contributed by atoms with van der Waals surface area (Å²) in [5.74, 6) is -1.61. The van der Waals surface area contributed by atoms with Crippen LogP contribution in [0.5, 0.6) is 0 Å². The van der Waals surface area contributed by atoms with E-state index in [2.05, 4.69) is 10.6 Å². The van der Waals surface area contributed by atoms with Gasteiger partial charge >= 0.3 is 5.97 Å². The number of amides is 1. The number of hydrogen-bond donors (Lipinski definition) is 3. The van der Waals surface area contributed by atoms with Crippen molar-refractivity contribution in [2.45, 2.75) is 19.6 Å². The zero-order valence-electron chi connectivity index (χ0n) is 14.4. The highest BCUT2D eigenvalue weighted by Crippen LogP contribution is 2.16. The Bertz CT molecular complexity index is 767. The van der Waals surface area contributed by atoms with Crippen LogP contribution in [0.2, 0.25) is 0 Å². The smallest absolute Gasteiger partial charge is 0.341 e. The number of hydrogen-bond acceptors (Lipinski definition) is 5. The van der Waals surface area contributed by atoms with E-state index in [1.807, 2.05) is 0 Å². The highest BCUT2D eigenvalue weighted by Gasteiger charge is 2.20. The number of aliphatic hydroxyl groups is 1. The Labute approximate surface area is 151 Å². The number of nitrogens with one attached hydrogen (secondary N) is 2. The fraction of sp³-hybridized carbons (Fsp3) is 0.263. The first-order valence-electron chi connectivity index (χ1n) is 8.18. The Morgan fingerprint density at radius 3 is 2.58 bits per heavy atom. The minimum absolute atomic E-state index is 0.00202. The molecular formula is C19H21FN2O4. The topological polar surface area (TPSA) is 87.7 Å². The van der Waals surface area contributed by atoms with Gasteiger partial charge in [0.05, 0.1) is 12.2 Å². The number of esters is 1. The van der Waals surface area contributed by atoms with Crippen molar-refractivity contribution in [2.24, 2.45) is 0 Å². The predicted molar refractivity (Wildman–Crippen MR) is 95.1 cm³/mol. The number of benzene rings is 2. The molecule has 0 aliphatic heterocycles. The molecule has 7 heteroatoms. The predicted octanol–water partition coefficient (Wildman–Crippen LogP) is 2.09. The summed E-state index contributed by atoms with van der Waals surface area (Å²) in [5, 5.41) is 14.3. The normalized spacial score (nSPS) is 11.5. The summed E-state index contributed by atoms with van der Waals surface area (Å²) < 4.78 is 18.7. The molecule has 0 aliphatic rings. The summed E-state index contributed by atoms with van der Waals surface area (Å²) >= 11 is 0. The molecule has 6 nitrogen and oxygen atoms in total. The van der Waals surface area contributed by atoms with Gasteiger partial charge in [-0.05, 0) is 25.1 Å². The quantitative estimate of drug-likeness (QED) is 0.628. The van der Waals surface area contributed by atoms with Crippen LogP contribution in [-0.4, -0.2) is 36.2 Å². The van der Waals surface area contributed by atoms with Gasteiger partial charge in [-0.15, -0.1) is 0 Å². The van der Waals surface area contributed by atoms with Gasteiger partial charge in [-0.2, -0.15) is 0 Å². The molecule has 2 rings (SSSR count). The van der Waals surface area contributed by atoms with Crippen molar-refractivity contribution in [3.05, 3.63) is 65.5 Å². The number of carbonyl (C=O) groups excluding carboxylic acids is 2. The van der Waals surface area contributed by atoms with Crippen LogP contribution in [0.15, 0.2) is 48.5 Å². The second-order valence-corrected chi connectivity index (χ2v) is 5.55. The van der Waals surface area contributed by atoms with Gasteiger partial charge in [0.25, 0.3) is 5.91 Å². The number of ether oxygens (including phenoxy) is 1. The Hall–Kier alpha value is -2.93. The van der Waals surface area contributed by atoms with Crippen molar-refractivity contribution in [1.82, 2.24) is 5.32 Å². The van der Waals surface area contributed by atoms with E-state index in [0.717, 1.165) is 0 Å². The van der Waals surface area contributed by atoms with Crippen molar-refractivity contribution in [3.63, 3.8) is 0 Å². The second kappa shape index (κ2) is 9.53. The number of rotatable bonds is 8. The minimum atomic E-state index is -1.04. The van der Waals surface area contributed by atoms with Crippen LogP contribution in [0, 0.1) is 5.82 Å². The molecule has 1 amide bonds. The molecule has 1 atom stereocenters. The molecule has 0 aliphatic carbocycles. The maximum absolute atomic E-state index is 13.6. The molecule has 0 fully saturated rings. The summed E-state index contributed by atoms with van der Waals surface area (Å²) in [5.41, 5.74) is 1.11. The Balaban J connectivity index is 1.94. The SMILES string of the molecule is C[C@H](OC(=O)c1ccccc1NCCO)C(=O)NCc1ccccc1F. The van der Waals surface area contributed by atoms with E-state index in [1.54, 1.807) is 42.5 Å². The average molecular weight is 360 g/mol. The van der Waals surface area contributed by atoms with Gasteiger partial charge in [0.1, 0.15) is 5.82 Å². The summed E-state index contributed by atoms with van der Waals surface area (Å²) in [6.07, 6.45) is -1.04. The number of aliphatic hydroxyl groups excluding tert-OH is 1. The monoisotopic (exact) mass is 360 g/mol. The highest BCUT2D eigenvalue weighted by molar-refractivity contribution is 5.97. The van der Waals surface area contributed by atoms with E-state index in [1.165, 1.54) is 13.0 Å². The van der Waals surface area contributed by atoms with Gasteiger partial charge in [0.15, 0.2) is 6.10 Å². The van der Waals surface area contributed by atoms with Gasteiger partial charge in [0, 0.05) is 24.3 Å². The van der Waals surface area contributed by atoms with Crippen LogP contribution < -0.4 is 10.6 Å². The molecule has 0 heterocycles. The van der Waals surface area contributed by atoms with Gasteiger partial charge < -0.3 is 20.5 Å². The largest absolute Gasteiger partial charge is 0.449 e. The molecule has 2 aromatic rings. The van der Waals surface area contributed by atoms with E-state index >= 15 is 0 Å². The van der Waals surface area contributed by atoms with Crippen molar-refractivity contribution < 1.29 is 23.8 Å².